The standard InChI is InChI=1S/C16H20N2O/c1-3-7-12(4-2)18-16(19)14-8-5-10-15-13(14)9-6-11-17-15/h1,5,8,10,12,17H,4,6-7,9,11H2,2H3,(H,18,19). The van der Waals surface area contributed by atoms with E-state index in [0.717, 1.165) is 42.6 Å². The molecule has 2 rings (SSSR count). The summed E-state index contributed by atoms with van der Waals surface area (Å²) in [7, 11) is 0. The summed E-state index contributed by atoms with van der Waals surface area (Å²) in [5, 5.41) is 6.36. The van der Waals surface area contributed by atoms with Gasteiger partial charge >= 0.3 is 0 Å². The molecule has 0 spiro atoms. The molecule has 1 heterocycles. The predicted octanol–water partition coefficient (Wildman–Crippen LogP) is 2.58. The number of nitrogens with one attached hydrogen (secondary N) is 2. The minimum Gasteiger partial charge on any atom is -0.385 e. The summed E-state index contributed by atoms with van der Waals surface area (Å²) in [6, 6.07) is 5.91. The number of amides is 1. The van der Waals surface area contributed by atoms with E-state index < -0.39 is 0 Å². The third kappa shape index (κ3) is 3.08. The topological polar surface area (TPSA) is 41.1 Å². The van der Waals surface area contributed by atoms with Crippen molar-refractivity contribution in [3.8, 4) is 12.3 Å². The van der Waals surface area contributed by atoms with E-state index in [0.29, 0.717) is 6.42 Å². The molecule has 19 heavy (non-hydrogen) atoms. The van der Waals surface area contributed by atoms with Gasteiger partial charge in [-0.1, -0.05) is 13.0 Å². The minimum atomic E-state index is -0.0114. The molecule has 1 atom stereocenters. The highest BCUT2D eigenvalue weighted by Crippen LogP contribution is 2.25. The molecular weight excluding hydrogens is 236 g/mol. The van der Waals surface area contributed by atoms with E-state index in [-0.39, 0.29) is 11.9 Å². The van der Waals surface area contributed by atoms with Crippen LogP contribution in [0.4, 0.5) is 5.69 Å². The fourth-order valence-corrected chi connectivity index (χ4v) is 2.43. The molecule has 3 nitrogen and oxygen atoms in total. The Kier molecular flexibility index (Phi) is 4.46. The van der Waals surface area contributed by atoms with Crippen molar-refractivity contribution in [2.45, 2.75) is 38.6 Å². The Morgan fingerprint density at radius 3 is 3.16 bits per heavy atom. The number of anilines is 1. The van der Waals surface area contributed by atoms with Crippen LogP contribution >= 0.6 is 0 Å². The second kappa shape index (κ2) is 6.29. The van der Waals surface area contributed by atoms with Gasteiger partial charge in [-0.25, -0.2) is 0 Å². The number of carbonyl (C=O) groups excluding carboxylic acids is 1. The van der Waals surface area contributed by atoms with Gasteiger partial charge in [-0.2, -0.15) is 0 Å². The Balaban J connectivity index is 2.17. The molecule has 1 aromatic rings. The van der Waals surface area contributed by atoms with Crippen molar-refractivity contribution in [1.82, 2.24) is 5.32 Å². The highest BCUT2D eigenvalue weighted by Gasteiger charge is 2.18. The van der Waals surface area contributed by atoms with E-state index in [1.165, 1.54) is 0 Å². The van der Waals surface area contributed by atoms with Crippen molar-refractivity contribution in [3.05, 3.63) is 29.3 Å². The van der Waals surface area contributed by atoms with Gasteiger partial charge in [0, 0.05) is 30.3 Å². The lowest BCUT2D eigenvalue weighted by atomic mass is 9.97. The van der Waals surface area contributed by atoms with E-state index in [9.17, 15) is 4.79 Å². The van der Waals surface area contributed by atoms with Crippen molar-refractivity contribution >= 4 is 11.6 Å². The van der Waals surface area contributed by atoms with E-state index in [1.54, 1.807) is 0 Å². The molecule has 1 aromatic carbocycles. The van der Waals surface area contributed by atoms with E-state index >= 15 is 0 Å². The Morgan fingerprint density at radius 2 is 2.42 bits per heavy atom. The summed E-state index contributed by atoms with van der Waals surface area (Å²) in [5.74, 6) is 2.60. The number of hydrogen-bond acceptors (Lipinski definition) is 2. The number of fused-ring (bicyclic) bond motifs is 1. The molecule has 1 unspecified atom stereocenters. The van der Waals surface area contributed by atoms with Gasteiger partial charge < -0.3 is 10.6 Å². The Morgan fingerprint density at radius 1 is 1.58 bits per heavy atom. The monoisotopic (exact) mass is 256 g/mol. The van der Waals surface area contributed by atoms with Gasteiger partial charge in [-0.15, -0.1) is 12.3 Å². The van der Waals surface area contributed by atoms with Crippen LogP contribution in [-0.2, 0) is 6.42 Å². The highest BCUT2D eigenvalue weighted by atomic mass is 16.1. The van der Waals surface area contributed by atoms with Gasteiger partial charge in [0.15, 0.2) is 0 Å². The summed E-state index contributed by atoms with van der Waals surface area (Å²) in [5.41, 5.74) is 2.99. The molecule has 0 fully saturated rings. The first-order valence-electron chi connectivity index (χ1n) is 6.86. The third-order valence-electron chi connectivity index (χ3n) is 3.53. The molecule has 0 saturated heterocycles. The quantitative estimate of drug-likeness (QED) is 0.813. The fourth-order valence-electron chi connectivity index (χ4n) is 2.43. The lowest BCUT2D eigenvalue weighted by molar-refractivity contribution is 0.0935. The van der Waals surface area contributed by atoms with Gasteiger partial charge in [-0.3, -0.25) is 4.79 Å². The molecule has 0 aromatic heterocycles. The average molecular weight is 256 g/mol. The summed E-state index contributed by atoms with van der Waals surface area (Å²) in [6.45, 7) is 3.01. The lowest BCUT2D eigenvalue weighted by Crippen LogP contribution is -2.35. The van der Waals surface area contributed by atoms with Crippen LogP contribution in [0.2, 0.25) is 0 Å². The van der Waals surface area contributed by atoms with Crippen molar-refractivity contribution in [2.75, 3.05) is 11.9 Å². The van der Waals surface area contributed by atoms with Crippen molar-refractivity contribution in [2.24, 2.45) is 0 Å². The van der Waals surface area contributed by atoms with Crippen molar-refractivity contribution in [3.63, 3.8) is 0 Å². The molecule has 1 aliphatic heterocycles. The second-order valence-electron chi connectivity index (χ2n) is 4.85. The summed E-state index contributed by atoms with van der Waals surface area (Å²) in [6.07, 6.45) is 8.77. The van der Waals surface area contributed by atoms with Crippen LogP contribution in [0, 0.1) is 12.3 Å². The first-order valence-corrected chi connectivity index (χ1v) is 6.86. The van der Waals surface area contributed by atoms with Crippen molar-refractivity contribution < 1.29 is 4.79 Å². The number of hydrogen-bond donors (Lipinski definition) is 2. The Labute approximate surface area is 114 Å². The van der Waals surface area contributed by atoms with Crippen LogP contribution in [0.15, 0.2) is 18.2 Å². The molecule has 0 radical (unpaired) electrons. The number of carbonyl (C=O) groups is 1. The zero-order valence-corrected chi connectivity index (χ0v) is 11.3. The number of rotatable bonds is 4. The maximum Gasteiger partial charge on any atom is 0.251 e. The van der Waals surface area contributed by atoms with Crippen molar-refractivity contribution in [1.29, 1.82) is 0 Å². The van der Waals surface area contributed by atoms with Crippen LogP contribution in [0.5, 0.6) is 0 Å². The van der Waals surface area contributed by atoms with Crippen LogP contribution in [-0.4, -0.2) is 18.5 Å². The fraction of sp³-hybridized carbons (Fsp3) is 0.438. The largest absolute Gasteiger partial charge is 0.385 e. The van der Waals surface area contributed by atoms with Crippen LogP contribution in [0.25, 0.3) is 0 Å². The SMILES string of the molecule is C#CCC(CC)NC(=O)c1cccc2c1CCCN2. The minimum absolute atomic E-state index is 0.0114. The van der Waals surface area contributed by atoms with Gasteiger partial charge in [0.05, 0.1) is 0 Å². The van der Waals surface area contributed by atoms with Gasteiger partial charge in [0.25, 0.3) is 5.91 Å². The van der Waals surface area contributed by atoms with Gasteiger partial charge in [0.2, 0.25) is 0 Å². The molecule has 100 valence electrons. The van der Waals surface area contributed by atoms with Crippen LogP contribution in [0.1, 0.15) is 42.1 Å². The highest BCUT2D eigenvalue weighted by molar-refractivity contribution is 5.97. The number of benzene rings is 1. The molecule has 3 heteroatoms. The van der Waals surface area contributed by atoms with Gasteiger partial charge in [-0.05, 0) is 37.0 Å². The Bertz CT molecular complexity index is 502. The molecule has 1 aliphatic rings. The van der Waals surface area contributed by atoms with Crippen LogP contribution in [0.3, 0.4) is 0 Å². The summed E-state index contributed by atoms with van der Waals surface area (Å²) < 4.78 is 0. The summed E-state index contributed by atoms with van der Waals surface area (Å²) >= 11 is 0. The average Bonchev–Trinajstić information content (AvgIpc) is 2.46. The molecule has 1 amide bonds. The van der Waals surface area contributed by atoms with Gasteiger partial charge in [0.1, 0.15) is 0 Å². The molecule has 2 N–H and O–H groups in total. The molecule has 0 aliphatic carbocycles. The lowest BCUT2D eigenvalue weighted by Gasteiger charge is -2.22. The van der Waals surface area contributed by atoms with E-state index in [4.69, 9.17) is 6.42 Å². The maximum atomic E-state index is 12.4. The maximum absolute atomic E-state index is 12.4. The predicted molar refractivity (Wildman–Crippen MR) is 78.2 cm³/mol. The summed E-state index contributed by atoms with van der Waals surface area (Å²) in [4.78, 5) is 12.4. The molecule has 0 bridgehead atoms. The molecular formula is C16H20N2O. The van der Waals surface area contributed by atoms with E-state index in [1.807, 2.05) is 25.1 Å². The third-order valence-corrected chi connectivity index (χ3v) is 3.53. The normalized spacial score (nSPS) is 14.7. The number of terminal acetylenes is 1. The van der Waals surface area contributed by atoms with Crippen LogP contribution < -0.4 is 10.6 Å². The Hall–Kier alpha value is -1.95. The second-order valence-corrected chi connectivity index (χ2v) is 4.85. The van der Waals surface area contributed by atoms with E-state index in [2.05, 4.69) is 16.6 Å². The first-order chi connectivity index (χ1) is 9.26. The first kappa shape index (κ1) is 13.5. The smallest absolute Gasteiger partial charge is 0.251 e. The molecule has 0 saturated carbocycles. The zero-order chi connectivity index (χ0) is 13.7. The zero-order valence-electron chi connectivity index (χ0n) is 11.3.